The molecular weight excluding hydrogens is 666 g/mol. The van der Waals surface area contributed by atoms with Crippen molar-refractivity contribution in [3.63, 3.8) is 0 Å². The summed E-state index contributed by atoms with van der Waals surface area (Å²) < 4.78 is 23.3. The minimum absolute atomic E-state index is 0.0412. The van der Waals surface area contributed by atoms with Crippen LogP contribution in [0.2, 0.25) is 0 Å². The van der Waals surface area contributed by atoms with Crippen LogP contribution in [0.1, 0.15) is 78.3 Å². The number of carbonyl (C=O) groups excluding carboxylic acids is 6. The average molecular weight is 726 g/mol. The zero-order valence-electron chi connectivity index (χ0n) is 30.7. The number of nitrogens with zero attached hydrogens (tertiary/aromatic N) is 3. The second kappa shape index (κ2) is 27.9. The van der Waals surface area contributed by atoms with Gasteiger partial charge in [0.05, 0.1) is 64.5 Å². The van der Waals surface area contributed by atoms with Gasteiger partial charge in [0.25, 0.3) is 0 Å². The first-order valence-electron chi connectivity index (χ1n) is 17.8. The van der Waals surface area contributed by atoms with Crippen molar-refractivity contribution in [3.05, 3.63) is 11.9 Å². The summed E-state index contributed by atoms with van der Waals surface area (Å²) in [5, 5.41) is 16.5. The molecule has 51 heavy (non-hydrogen) atoms. The Morgan fingerprint density at radius 1 is 0.843 bits per heavy atom. The Kier molecular flexibility index (Phi) is 24.7. The largest absolute Gasteiger partial charge is 0.379 e. The van der Waals surface area contributed by atoms with Crippen LogP contribution in [0.5, 0.6) is 0 Å². The van der Waals surface area contributed by atoms with Crippen LogP contribution >= 0.6 is 0 Å². The number of unbranched alkanes of at least 4 members (excludes halogenated alkanes) is 1. The van der Waals surface area contributed by atoms with E-state index in [2.05, 4.69) is 26.3 Å². The molecule has 17 nitrogen and oxygen atoms in total. The molecular formula is C34H59N7O10. The SMILES string of the molecule is CCC(=O)CCOCCOCCNC(=O)C(CCCCn1cc(CC(CC(=O)C(C)C)C(N)=O)nn1)NC(=O)CCOCCOCCNC(C)=O. The number of aryl methyl sites for hydroxylation is 1. The number of primary amides is 1. The van der Waals surface area contributed by atoms with E-state index in [9.17, 15) is 28.8 Å². The molecule has 2 unspecified atom stereocenters. The smallest absolute Gasteiger partial charge is 0.242 e. The molecule has 1 heterocycles. The molecule has 0 aliphatic heterocycles. The van der Waals surface area contributed by atoms with Gasteiger partial charge in [0.2, 0.25) is 23.6 Å². The highest BCUT2D eigenvalue weighted by molar-refractivity contribution is 5.88. The third kappa shape index (κ3) is 23.3. The predicted octanol–water partition coefficient (Wildman–Crippen LogP) is 0.270. The first kappa shape index (κ1) is 45.2. The molecule has 0 aliphatic carbocycles. The molecule has 1 aromatic rings. The van der Waals surface area contributed by atoms with Gasteiger partial charge in [-0.2, -0.15) is 0 Å². The molecule has 4 amide bonds. The van der Waals surface area contributed by atoms with Crippen LogP contribution in [0.15, 0.2) is 6.20 Å². The Balaban J connectivity index is 2.54. The molecule has 290 valence electrons. The highest BCUT2D eigenvalue weighted by atomic mass is 16.5. The van der Waals surface area contributed by atoms with Crippen LogP contribution in [0.25, 0.3) is 0 Å². The van der Waals surface area contributed by atoms with Crippen LogP contribution in [-0.4, -0.2) is 122 Å². The van der Waals surface area contributed by atoms with Crippen molar-refractivity contribution in [2.24, 2.45) is 17.6 Å². The third-order valence-corrected chi connectivity index (χ3v) is 7.62. The van der Waals surface area contributed by atoms with Crippen molar-refractivity contribution in [2.45, 2.75) is 91.6 Å². The molecule has 17 heteroatoms. The van der Waals surface area contributed by atoms with Crippen molar-refractivity contribution in [2.75, 3.05) is 65.9 Å². The number of hydrogen-bond acceptors (Lipinski definition) is 12. The molecule has 0 fully saturated rings. The average Bonchev–Trinajstić information content (AvgIpc) is 3.54. The Bertz CT molecular complexity index is 1190. The first-order chi connectivity index (χ1) is 24.4. The maximum Gasteiger partial charge on any atom is 0.242 e. The van der Waals surface area contributed by atoms with E-state index >= 15 is 0 Å². The molecule has 1 rings (SSSR count). The maximum atomic E-state index is 13.0. The van der Waals surface area contributed by atoms with Crippen molar-refractivity contribution < 1.29 is 47.7 Å². The minimum atomic E-state index is -0.782. The number of Topliss-reactive ketones (excluding diaryl/α,β-unsaturated/α-hetero) is 2. The topological polar surface area (TPSA) is 232 Å². The van der Waals surface area contributed by atoms with Gasteiger partial charge in [0, 0.05) is 70.8 Å². The number of nitrogens with one attached hydrogen (secondary N) is 3. The van der Waals surface area contributed by atoms with E-state index in [4.69, 9.17) is 24.7 Å². The Labute approximate surface area is 300 Å². The Morgan fingerprint density at radius 2 is 1.45 bits per heavy atom. The summed E-state index contributed by atoms with van der Waals surface area (Å²) in [6.45, 7) is 10.3. The molecule has 5 N–H and O–H groups in total. The van der Waals surface area contributed by atoms with Gasteiger partial charge < -0.3 is 40.6 Å². The molecule has 0 aliphatic rings. The van der Waals surface area contributed by atoms with E-state index in [1.54, 1.807) is 24.7 Å². The van der Waals surface area contributed by atoms with E-state index in [1.165, 1.54) is 6.92 Å². The van der Waals surface area contributed by atoms with Crippen molar-refractivity contribution in [1.82, 2.24) is 30.9 Å². The maximum absolute atomic E-state index is 13.0. The van der Waals surface area contributed by atoms with Crippen molar-refractivity contribution in [1.29, 1.82) is 0 Å². The molecule has 0 saturated carbocycles. The lowest BCUT2D eigenvalue weighted by atomic mass is 9.92. The Morgan fingerprint density at radius 3 is 2.04 bits per heavy atom. The number of ether oxygens (including phenoxy) is 4. The van der Waals surface area contributed by atoms with Crippen molar-refractivity contribution >= 4 is 35.2 Å². The molecule has 1 aromatic heterocycles. The highest BCUT2D eigenvalue weighted by Gasteiger charge is 2.23. The van der Waals surface area contributed by atoms with Gasteiger partial charge >= 0.3 is 0 Å². The summed E-state index contributed by atoms with van der Waals surface area (Å²) in [6, 6.07) is -0.782. The summed E-state index contributed by atoms with van der Waals surface area (Å²) in [4.78, 5) is 71.9. The minimum Gasteiger partial charge on any atom is -0.379 e. The number of amides is 4. The number of nitrogens with two attached hydrogens (primary N) is 1. The summed E-state index contributed by atoms with van der Waals surface area (Å²) in [7, 11) is 0. The lowest BCUT2D eigenvalue weighted by Gasteiger charge is -2.19. The predicted molar refractivity (Wildman–Crippen MR) is 186 cm³/mol. The molecule has 0 radical (unpaired) electrons. The first-order valence-corrected chi connectivity index (χ1v) is 17.8. The molecule has 0 bridgehead atoms. The number of aromatic nitrogens is 3. The number of rotatable bonds is 32. The highest BCUT2D eigenvalue weighted by Crippen LogP contribution is 2.14. The van der Waals surface area contributed by atoms with Gasteiger partial charge in [0.1, 0.15) is 17.6 Å². The molecule has 0 saturated heterocycles. The van der Waals surface area contributed by atoms with Gasteiger partial charge in [-0.3, -0.25) is 33.4 Å². The van der Waals surface area contributed by atoms with Gasteiger partial charge in [-0.15, -0.1) is 5.10 Å². The second-order valence-electron chi connectivity index (χ2n) is 12.3. The number of ketones is 2. The molecule has 0 spiro atoms. The molecule has 0 aromatic carbocycles. The van der Waals surface area contributed by atoms with Crippen LogP contribution in [-0.2, 0) is 60.7 Å². The standard InChI is InChI=1S/C34H59N7O10/c1-5-29(43)9-14-48-18-20-51-17-12-37-34(47)30(38-32(45)10-15-49-19-21-50-16-11-36-26(4)42)8-6-7-13-41-24-28(39-40-41)22-27(33(35)46)23-31(44)25(2)3/h24-25,27,30H,5-23H2,1-4H3,(H2,35,46)(H,36,42)(H,37,47)(H,38,45). The van der Waals surface area contributed by atoms with E-state index in [0.29, 0.717) is 83.9 Å². The van der Waals surface area contributed by atoms with E-state index < -0.39 is 17.9 Å². The van der Waals surface area contributed by atoms with Crippen molar-refractivity contribution in [3.8, 4) is 0 Å². The fraction of sp³-hybridized carbons (Fsp3) is 0.765. The summed E-state index contributed by atoms with van der Waals surface area (Å²) in [5.74, 6) is -2.12. The zero-order valence-corrected chi connectivity index (χ0v) is 30.7. The lowest BCUT2D eigenvalue weighted by molar-refractivity contribution is -0.130. The summed E-state index contributed by atoms with van der Waals surface area (Å²) in [5.41, 5.74) is 6.08. The monoisotopic (exact) mass is 725 g/mol. The fourth-order valence-electron chi connectivity index (χ4n) is 4.54. The zero-order chi connectivity index (χ0) is 37.9. The van der Waals surface area contributed by atoms with Gasteiger partial charge in [-0.1, -0.05) is 26.0 Å². The lowest BCUT2D eigenvalue weighted by Crippen LogP contribution is -2.47. The van der Waals surface area contributed by atoms with E-state index in [0.717, 1.165) is 0 Å². The number of carbonyl (C=O) groups is 6. The van der Waals surface area contributed by atoms with Crippen LogP contribution in [0, 0.1) is 11.8 Å². The third-order valence-electron chi connectivity index (χ3n) is 7.62. The number of hydrogen-bond donors (Lipinski definition) is 4. The second-order valence-corrected chi connectivity index (χ2v) is 12.3. The van der Waals surface area contributed by atoms with Gasteiger partial charge in [-0.05, 0) is 19.3 Å². The normalized spacial score (nSPS) is 12.3. The summed E-state index contributed by atoms with van der Waals surface area (Å²) >= 11 is 0. The van der Waals surface area contributed by atoms with Gasteiger partial charge in [0.15, 0.2) is 0 Å². The summed E-state index contributed by atoms with van der Waals surface area (Å²) in [6.07, 6.45) is 4.49. The fourth-order valence-corrected chi connectivity index (χ4v) is 4.54. The van der Waals surface area contributed by atoms with Crippen LogP contribution in [0.4, 0.5) is 0 Å². The van der Waals surface area contributed by atoms with Crippen LogP contribution in [0.3, 0.4) is 0 Å². The molecule has 2 atom stereocenters. The van der Waals surface area contributed by atoms with Gasteiger partial charge in [-0.25, -0.2) is 0 Å². The van der Waals surface area contributed by atoms with E-state index in [1.807, 2.05) is 6.92 Å². The Hall–Kier alpha value is -3.80. The quantitative estimate of drug-likeness (QED) is 0.0734. The van der Waals surface area contributed by atoms with Crippen LogP contribution < -0.4 is 21.7 Å². The van der Waals surface area contributed by atoms with E-state index in [-0.39, 0.29) is 80.8 Å².